The minimum absolute atomic E-state index is 0.484. The van der Waals surface area contributed by atoms with Gasteiger partial charge in [-0.1, -0.05) is 40.5 Å². The molecule has 0 aliphatic carbocycles. The summed E-state index contributed by atoms with van der Waals surface area (Å²) < 4.78 is 0. The first-order chi connectivity index (χ1) is 7.70. The lowest BCUT2D eigenvalue weighted by atomic mass is 10.1. The first-order valence-corrected chi connectivity index (χ1v) is 6.77. The first kappa shape index (κ1) is 13.3. The van der Waals surface area contributed by atoms with E-state index < -0.39 is 0 Å². The zero-order chi connectivity index (χ0) is 12.0. The molecule has 3 heteroatoms. The van der Waals surface area contributed by atoms with E-state index in [1.54, 1.807) is 0 Å². The second-order valence-corrected chi connectivity index (χ2v) is 5.00. The Morgan fingerprint density at radius 2 is 1.75 bits per heavy atom. The van der Waals surface area contributed by atoms with Crippen LogP contribution in [0.2, 0.25) is 0 Å². The van der Waals surface area contributed by atoms with Crippen LogP contribution in [0.4, 0.5) is 0 Å². The largest absolute Gasteiger partial charge is 0.339 e. The Kier molecular flexibility index (Phi) is 5.64. The van der Waals surface area contributed by atoms with Crippen LogP contribution in [0.5, 0.6) is 0 Å². The van der Waals surface area contributed by atoms with Crippen molar-refractivity contribution in [1.29, 1.82) is 0 Å². The lowest BCUT2D eigenvalue weighted by Crippen LogP contribution is -2.44. The van der Waals surface area contributed by atoms with Crippen LogP contribution in [0, 0.1) is 5.92 Å². The number of unbranched alkanes of at least 4 members (excludes halogenated alkanes) is 2. The molecule has 0 saturated heterocycles. The number of rotatable bonds is 7. The zero-order valence-electron chi connectivity index (χ0n) is 11.3. The van der Waals surface area contributed by atoms with Gasteiger partial charge in [0.15, 0.2) is 0 Å². The average Bonchev–Trinajstić information content (AvgIpc) is 2.66. The van der Waals surface area contributed by atoms with Crippen LogP contribution < -0.4 is 0 Å². The van der Waals surface area contributed by atoms with Crippen LogP contribution >= 0.6 is 0 Å². The second kappa shape index (κ2) is 6.77. The fourth-order valence-electron chi connectivity index (χ4n) is 2.21. The Bertz CT molecular complexity index is 195. The zero-order valence-corrected chi connectivity index (χ0v) is 11.3. The fourth-order valence-corrected chi connectivity index (χ4v) is 2.21. The van der Waals surface area contributed by atoms with Crippen molar-refractivity contribution in [2.75, 3.05) is 13.1 Å². The van der Waals surface area contributed by atoms with Crippen LogP contribution in [-0.2, 0) is 0 Å². The highest BCUT2D eigenvalue weighted by Gasteiger charge is 2.29. The summed E-state index contributed by atoms with van der Waals surface area (Å²) in [5.41, 5.74) is 0. The summed E-state index contributed by atoms with van der Waals surface area (Å²) in [4.78, 5) is 2.41. The molecule has 3 nitrogen and oxygen atoms in total. The summed E-state index contributed by atoms with van der Waals surface area (Å²) in [7, 11) is 0. The third kappa shape index (κ3) is 3.39. The Balaban J connectivity index is 2.51. The summed E-state index contributed by atoms with van der Waals surface area (Å²) in [6.07, 6.45) is 7.52. The second-order valence-electron chi connectivity index (χ2n) is 5.00. The van der Waals surface area contributed by atoms with Crippen LogP contribution in [0.25, 0.3) is 0 Å². The van der Waals surface area contributed by atoms with Gasteiger partial charge in [0, 0.05) is 13.1 Å². The molecule has 0 radical (unpaired) electrons. The molecule has 0 amide bonds. The fraction of sp³-hybridized carbons (Fsp3) is 0.923. The van der Waals surface area contributed by atoms with Gasteiger partial charge >= 0.3 is 0 Å². The molecule has 0 saturated carbocycles. The number of hydrogen-bond acceptors (Lipinski definition) is 3. The SMILES string of the molecule is CCCCN1C=NN(CCCC)C1C(C)C. The molecule has 1 heterocycles. The third-order valence-corrected chi connectivity index (χ3v) is 3.10. The van der Waals surface area contributed by atoms with Crippen molar-refractivity contribution >= 4 is 6.34 Å². The van der Waals surface area contributed by atoms with Crippen molar-refractivity contribution in [3.63, 3.8) is 0 Å². The van der Waals surface area contributed by atoms with Gasteiger partial charge in [-0.25, -0.2) is 0 Å². The van der Waals surface area contributed by atoms with Crippen molar-refractivity contribution in [1.82, 2.24) is 9.91 Å². The van der Waals surface area contributed by atoms with Crippen molar-refractivity contribution in [3.8, 4) is 0 Å². The van der Waals surface area contributed by atoms with E-state index in [0.29, 0.717) is 12.1 Å². The highest BCUT2D eigenvalue weighted by atomic mass is 15.6. The van der Waals surface area contributed by atoms with Crippen molar-refractivity contribution in [3.05, 3.63) is 0 Å². The molecular weight excluding hydrogens is 198 g/mol. The molecule has 0 aromatic heterocycles. The van der Waals surface area contributed by atoms with E-state index in [1.165, 1.54) is 25.7 Å². The molecule has 0 spiro atoms. The Hall–Kier alpha value is -0.730. The van der Waals surface area contributed by atoms with Gasteiger partial charge in [-0.05, 0) is 18.8 Å². The van der Waals surface area contributed by atoms with E-state index in [4.69, 9.17) is 0 Å². The number of hydrazone groups is 1. The minimum Gasteiger partial charge on any atom is -0.339 e. The maximum atomic E-state index is 4.54. The molecule has 0 aromatic carbocycles. The Morgan fingerprint density at radius 1 is 1.12 bits per heavy atom. The average molecular weight is 225 g/mol. The van der Waals surface area contributed by atoms with Crippen molar-refractivity contribution in [2.45, 2.75) is 59.5 Å². The standard InChI is InChI=1S/C13H27N3/c1-5-7-9-15-11-14-16(10-8-6-2)13(15)12(3)4/h11-13H,5-10H2,1-4H3. The van der Waals surface area contributed by atoms with Gasteiger partial charge in [0.05, 0.1) is 0 Å². The predicted octanol–water partition coefficient (Wildman–Crippen LogP) is 3.13. The van der Waals surface area contributed by atoms with Gasteiger partial charge < -0.3 is 4.90 Å². The van der Waals surface area contributed by atoms with Crippen LogP contribution in [-0.4, -0.2) is 35.5 Å². The third-order valence-electron chi connectivity index (χ3n) is 3.10. The van der Waals surface area contributed by atoms with Crippen LogP contribution in [0.3, 0.4) is 0 Å². The maximum Gasteiger partial charge on any atom is 0.121 e. The quantitative estimate of drug-likeness (QED) is 0.663. The molecule has 16 heavy (non-hydrogen) atoms. The van der Waals surface area contributed by atoms with Gasteiger partial charge in [-0.15, -0.1) is 0 Å². The topological polar surface area (TPSA) is 18.8 Å². The lowest BCUT2D eigenvalue weighted by Gasteiger charge is -2.33. The summed E-state index contributed by atoms with van der Waals surface area (Å²) in [5, 5.41) is 6.81. The summed E-state index contributed by atoms with van der Waals surface area (Å²) in [5.74, 6) is 0.635. The van der Waals surface area contributed by atoms with E-state index in [1.807, 2.05) is 6.34 Å². The molecule has 1 unspecified atom stereocenters. The first-order valence-electron chi connectivity index (χ1n) is 6.77. The maximum absolute atomic E-state index is 4.54. The Labute approximate surface area is 100 Å². The monoisotopic (exact) mass is 225 g/mol. The molecule has 0 bridgehead atoms. The van der Waals surface area contributed by atoms with Gasteiger partial charge in [-0.2, -0.15) is 5.10 Å². The molecule has 0 aromatic rings. The van der Waals surface area contributed by atoms with E-state index in [0.717, 1.165) is 13.1 Å². The summed E-state index contributed by atoms with van der Waals surface area (Å²) in [6.45, 7) is 11.3. The molecule has 1 atom stereocenters. The van der Waals surface area contributed by atoms with Gasteiger partial charge in [0.2, 0.25) is 0 Å². The van der Waals surface area contributed by atoms with Gasteiger partial charge in [-0.3, -0.25) is 5.01 Å². The summed E-state index contributed by atoms with van der Waals surface area (Å²) >= 11 is 0. The number of nitrogens with zero attached hydrogens (tertiary/aromatic N) is 3. The van der Waals surface area contributed by atoms with E-state index in [2.05, 4.69) is 42.7 Å². The molecule has 94 valence electrons. The normalized spacial score (nSPS) is 20.2. The summed E-state index contributed by atoms with van der Waals surface area (Å²) in [6, 6.07) is 0. The number of hydrogen-bond donors (Lipinski definition) is 0. The van der Waals surface area contributed by atoms with Gasteiger partial charge in [0.1, 0.15) is 12.5 Å². The van der Waals surface area contributed by atoms with E-state index in [9.17, 15) is 0 Å². The van der Waals surface area contributed by atoms with Crippen LogP contribution in [0.15, 0.2) is 5.10 Å². The van der Waals surface area contributed by atoms with Crippen molar-refractivity contribution < 1.29 is 0 Å². The Morgan fingerprint density at radius 3 is 2.31 bits per heavy atom. The molecule has 1 aliphatic rings. The highest BCUT2D eigenvalue weighted by Crippen LogP contribution is 2.21. The van der Waals surface area contributed by atoms with Gasteiger partial charge in [0.25, 0.3) is 0 Å². The van der Waals surface area contributed by atoms with E-state index in [-0.39, 0.29) is 0 Å². The van der Waals surface area contributed by atoms with E-state index >= 15 is 0 Å². The van der Waals surface area contributed by atoms with Crippen LogP contribution in [0.1, 0.15) is 53.4 Å². The molecule has 0 N–H and O–H groups in total. The predicted molar refractivity (Wildman–Crippen MR) is 70.3 cm³/mol. The highest BCUT2D eigenvalue weighted by molar-refractivity contribution is 5.57. The molecular formula is C13H27N3. The molecule has 1 aliphatic heterocycles. The smallest absolute Gasteiger partial charge is 0.121 e. The minimum atomic E-state index is 0.484. The van der Waals surface area contributed by atoms with Crippen molar-refractivity contribution in [2.24, 2.45) is 11.0 Å². The molecule has 0 fully saturated rings. The lowest BCUT2D eigenvalue weighted by molar-refractivity contribution is 0.0871. The molecule has 1 rings (SSSR count).